The average molecular weight is 260 g/mol. The van der Waals surface area contributed by atoms with E-state index in [4.69, 9.17) is 5.11 Å². The predicted molar refractivity (Wildman–Crippen MR) is 72.2 cm³/mol. The second kappa shape index (κ2) is 4.76. The first kappa shape index (κ1) is 13.1. The Kier molecular flexibility index (Phi) is 3.29. The van der Waals surface area contributed by atoms with E-state index in [9.17, 15) is 9.59 Å². The maximum Gasteiger partial charge on any atom is 0.326 e. The zero-order chi connectivity index (χ0) is 14.2. The van der Waals surface area contributed by atoms with Crippen molar-refractivity contribution < 1.29 is 14.7 Å². The van der Waals surface area contributed by atoms with Crippen LogP contribution in [-0.2, 0) is 4.79 Å². The van der Waals surface area contributed by atoms with Crippen molar-refractivity contribution in [2.75, 3.05) is 7.05 Å². The van der Waals surface area contributed by atoms with Crippen LogP contribution in [0.15, 0.2) is 24.3 Å². The number of benzene rings is 1. The summed E-state index contributed by atoms with van der Waals surface area (Å²) in [5.41, 5.74) is 2.35. The van der Waals surface area contributed by atoms with Gasteiger partial charge >= 0.3 is 5.97 Å². The lowest BCUT2D eigenvalue weighted by Gasteiger charge is -2.20. The number of carboxylic acid groups (broad SMARTS) is 1. The van der Waals surface area contributed by atoms with E-state index in [1.807, 2.05) is 25.1 Å². The highest BCUT2D eigenvalue weighted by Gasteiger charge is 2.23. The molecule has 1 unspecified atom stereocenters. The number of carbonyl (C=O) groups excluding carboxylic acids is 1. The van der Waals surface area contributed by atoms with Crippen LogP contribution in [0.3, 0.4) is 0 Å². The van der Waals surface area contributed by atoms with Crippen molar-refractivity contribution in [3.63, 3.8) is 0 Å². The summed E-state index contributed by atoms with van der Waals surface area (Å²) >= 11 is 0. The van der Waals surface area contributed by atoms with E-state index in [1.54, 1.807) is 6.07 Å². The number of amides is 1. The smallest absolute Gasteiger partial charge is 0.326 e. The second-order valence-corrected chi connectivity index (χ2v) is 4.65. The third-order valence-corrected chi connectivity index (χ3v) is 3.37. The van der Waals surface area contributed by atoms with E-state index in [0.717, 1.165) is 16.5 Å². The molecular weight excluding hydrogens is 244 g/mol. The summed E-state index contributed by atoms with van der Waals surface area (Å²) in [5.74, 6) is -1.35. The molecule has 2 rings (SSSR count). The Bertz CT molecular complexity index is 645. The van der Waals surface area contributed by atoms with E-state index >= 15 is 0 Å². The number of fused-ring (bicyclic) bond motifs is 1. The predicted octanol–water partition coefficient (Wildman–Crippen LogP) is 2.02. The molecule has 1 heterocycles. The molecule has 100 valence electrons. The molecule has 1 aromatic carbocycles. The number of nitrogens with zero attached hydrogens (tertiary/aromatic N) is 1. The molecule has 1 atom stereocenters. The van der Waals surface area contributed by atoms with Crippen LogP contribution in [0, 0.1) is 6.92 Å². The largest absolute Gasteiger partial charge is 0.480 e. The number of hydrogen-bond acceptors (Lipinski definition) is 2. The quantitative estimate of drug-likeness (QED) is 0.886. The Morgan fingerprint density at radius 3 is 2.63 bits per heavy atom. The molecule has 0 fully saturated rings. The molecule has 1 amide bonds. The van der Waals surface area contributed by atoms with Crippen LogP contribution in [0.25, 0.3) is 10.9 Å². The van der Waals surface area contributed by atoms with Gasteiger partial charge in [-0.25, -0.2) is 4.79 Å². The molecule has 0 saturated carbocycles. The summed E-state index contributed by atoms with van der Waals surface area (Å²) in [6, 6.07) is 6.66. The summed E-state index contributed by atoms with van der Waals surface area (Å²) in [5, 5.41) is 9.90. The third-order valence-electron chi connectivity index (χ3n) is 3.37. The van der Waals surface area contributed by atoms with Crippen LogP contribution in [0.5, 0.6) is 0 Å². The number of rotatable bonds is 3. The summed E-state index contributed by atoms with van der Waals surface area (Å²) < 4.78 is 0. The molecule has 0 saturated heterocycles. The van der Waals surface area contributed by atoms with Gasteiger partial charge in [0, 0.05) is 18.0 Å². The standard InChI is InChI=1S/C14H16N2O3/c1-8-5-4-6-11-10(8)7-12(15-11)13(17)16(3)9(2)14(18)19/h4-7,9,15H,1-3H3,(H,18,19). The number of aryl methyl sites for hydroxylation is 1. The number of aliphatic carboxylic acids is 1. The van der Waals surface area contributed by atoms with Gasteiger partial charge in [-0.3, -0.25) is 4.79 Å². The summed E-state index contributed by atoms with van der Waals surface area (Å²) in [6.45, 7) is 3.45. The first-order valence-electron chi connectivity index (χ1n) is 6.00. The molecule has 5 nitrogen and oxygen atoms in total. The third kappa shape index (κ3) is 2.31. The van der Waals surface area contributed by atoms with E-state index in [-0.39, 0.29) is 5.91 Å². The van der Waals surface area contributed by atoms with Gasteiger partial charge < -0.3 is 15.0 Å². The molecule has 5 heteroatoms. The van der Waals surface area contributed by atoms with Crippen molar-refractivity contribution in [3.05, 3.63) is 35.5 Å². The number of carboxylic acids is 1. The zero-order valence-corrected chi connectivity index (χ0v) is 11.1. The van der Waals surface area contributed by atoms with E-state index in [0.29, 0.717) is 5.69 Å². The Hall–Kier alpha value is -2.30. The Morgan fingerprint density at radius 1 is 1.37 bits per heavy atom. The molecule has 2 N–H and O–H groups in total. The number of likely N-dealkylation sites (N-methyl/N-ethyl adjacent to an activating group) is 1. The SMILES string of the molecule is Cc1cccc2[nH]c(C(=O)N(C)C(C)C(=O)O)cc12. The second-order valence-electron chi connectivity index (χ2n) is 4.65. The lowest BCUT2D eigenvalue weighted by atomic mass is 10.1. The molecule has 0 aliphatic rings. The normalized spacial score (nSPS) is 12.4. The molecular formula is C14H16N2O3. The minimum atomic E-state index is -1.02. The van der Waals surface area contributed by atoms with Gasteiger partial charge in [-0.15, -0.1) is 0 Å². The van der Waals surface area contributed by atoms with Crippen molar-refractivity contribution in [3.8, 4) is 0 Å². The van der Waals surface area contributed by atoms with Gasteiger partial charge in [0.1, 0.15) is 11.7 Å². The van der Waals surface area contributed by atoms with Gasteiger partial charge in [-0.05, 0) is 31.5 Å². The minimum Gasteiger partial charge on any atom is -0.480 e. The molecule has 0 aliphatic heterocycles. The molecule has 0 spiro atoms. The number of H-pyrrole nitrogens is 1. The lowest BCUT2D eigenvalue weighted by molar-refractivity contribution is -0.141. The van der Waals surface area contributed by atoms with Gasteiger partial charge in [0.15, 0.2) is 0 Å². The number of aromatic nitrogens is 1. The summed E-state index contributed by atoms with van der Waals surface area (Å²) in [6.07, 6.45) is 0. The van der Waals surface area contributed by atoms with Crippen molar-refractivity contribution in [2.45, 2.75) is 19.9 Å². The Morgan fingerprint density at radius 2 is 2.05 bits per heavy atom. The lowest BCUT2D eigenvalue weighted by Crippen LogP contribution is -2.40. The highest BCUT2D eigenvalue weighted by Crippen LogP contribution is 2.20. The first-order chi connectivity index (χ1) is 8.91. The minimum absolute atomic E-state index is 0.328. The van der Waals surface area contributed by atoms with Crippen molar-refractivity contribution in [1.82, 2.24) is 9.88 Å². The highest BCUT2D eigenvalue weighted by atomic mass is 16.4. The van der Waals surface area contributed by atoms with Crippen molar-refractivity contribution >= 4 is 22.8 Å². The topological polar surface area (TPSA) is 73.4 Å². The van der Waals surface area contributed by atoms with Crippen LogP contribution in [-0.4, -0.2) is 40.0 Å². The van der Waals surface area contributed by atoms with Crippen LogP contribution >= 0.6 is 0 Å². The van der Waals surface area contributed by atoms with Crippen molar-refractivity contribution in [1.29, 1.82) is 0 Å². The van der Waals surface area contributed by atoms with Gasteiger partial charge in [0.05, 0.1) is 0 Å². The molecule has 0 bridgehead atoms. The van der Waals surface area contributed by atoms with Gasteiger partial charge in [-0.2, -0.15) is 0 Å². The molecule has 1 aromatic heterocycles. The van der Waals surface area contributed by atoms with E-state index < -0.39 is 12.0 Å². The van der Waals surface area contributed by atoms with Crippen molar-refractivity contribution in [2.24, 2.45) is 0 Å². The molecule has 0 radical (unpaired) electrons. The molecule has 0 aliphatic carbocycles. The van der Waals surface area contributed by atoms with Gasteiger partial charge in [-0.1, -0.05) is 12.1 Å². The monoisotopic (exact) mass is 260 g/mol. The van der Waals surface area contributed by atoms with E-state index in [2.05, 4.69) is 4.98 Å². The fraction of sp³-hybridized carbons (Fsp3) is 0.286. The fourth-order valence-corrected chi connectivity index (χ4v) is 1.95. The zero-order valence-electron chi connectivity index (χ0n) is 11.1. The number of aromatic amines is 1. The molecule has 2 aromatic rings. The van der Waals surface area contributed by atoms with Gasteiger partial charge in [0.25, 0.3) is 5.91 Å². The fourth-order valence-electron chi connectivity index (χ4n) is 1.95. The number of hydrogen-bond donors (Lipinski definition) is 2. The highest BCUT2D eigenvalue weighted by molar-refractivity contribution is 6.00. The van der Waals surface area contributed by atoms with Crippen LogP contribution < -0.4 is 0 Å². The van der Waals surface area contributed by atoms with Gasteiger partial charge in [0.2, 0.25) is 0 Å². The molecule has 19 heavy (non-hydrogen) atoms. The van der Waals surface area contributed by atoms with Crippen LogP contribution in [0.2, 0.25) is 0 Å². The number of nitrogens with one attached hydrogen (secondary N) is 1. The maximum absolute atomic E-state index is 12.2. The van der Waals surface area contributed by atoms with Crippen LogP contribution in [0.1, 0.15) is 23.0 Å². The Labute approximate surface area is 110 Å². The van der Waals surface area contributed by atoms with Crippen LogP contribution in [0.4, 0.5) is 0 Å². The maximum atomic E-state index is 12.2. The summed E-state index contributed by atoms with van der Waals surface area (Å²) in [4.78, 5) is 27.3. The Balaban J connectivity index is 2.37. The van der Waals surface area contributed by atoms with E-state index in [1.165, 1.54) is 18.9 Å². The first-order valence-corrected chi connectivity index (χ1v) is 6.00. The number of carbonyl (C=O) groups is 2. The average Bonchev–Trinajstić information content (AvgIpc) is 2.81. The summed E-state index contributed by atoms with van der Waals surface area (Å²) in [7, 11) is 1.49.